The zero-order chi connectivity index (χ0) is 8.85. The minimum Gasteiger partial charge on any atom is -0.469 e. The molecule has 0 aliphatic rings. The van der Waals surface area contributed by atoms with E-state index in [1.54, 1.807) is 6.26 Å². The lowest BCUT2D eigenvalue weighted by atomic mass is 10.3. The second-order valence-electron chi connectivity index (χ2n) is 1.95. The molecule has 0 unspecified atom stereocenters. The highest BCUT2D eigenvalue weighted by Gasteiger charge is 1.88. The van der Waals surface area contributed by atoms with Crippen molar-refractivity contribution >= 4 is 10.9 Å². The highest BCUT2D eigenvalue weighted by Crippen LogP contribution is 2.04. The first-order valence-corrected chi connectivity index (χ1v) is 4.18. The van der Waals surface area contributed by atoms with Gasteiger partial charge in [0.25, 0.3) is 0 Å². The van der Waals surface area contributed by atoms with E-state index in [0.29, 0.717) is 0 Å². The van der Waals surface area contributed by atoms with E-state index >= 15 is 0 Å². The summed E-state index contributed by atoms with van der Waals surface area (Å²) in [5, 5.41) is 4.06. The molecule has 0 aliphatic carbocycles. The van der Waals surface area contributed by atoms with Crippen LogP contribution in [0.5, 0.6) is 0 Å². The first kappa shape index (κ1) is 10.2. The van der Waals surface area contributed by atoms with Gasteiger partial charge in [-0.05, 0) is 25.5 Å². The lowest BCUT2D eigenvalue weighted by molar-refractivity contribution is 0.532. The van der Waals surface area contributed by atoms with E-state index in [1.807, 2.05) is 19.9 Å². The number of hydrogen-bond acceptors (Lipinski definition) is 3. The molecule has 0 atom stereocenters. The summed E-state index contributed by atoms with van der Waals surface area (Å²) in [7, 11) is -2.62. The summed E-state index contributed by atoms with van der Waals surface area (Å²) in [4.78, 5) is 0. The van der Waals surface area contributed by atoms with Gasteiger partial charge in [-0.1, -0.05) is 0 Å². The second-order valence-corrected chi connectivity index (χ2v) is 2.52. The fourth-order valence-electron chi connectivity index (χ4n) is 0.448. The largest absolute Gasteiger partial charge is 0.469 e. The van der Waals surface area contributed by atoms with E-state index in [0.717, 1.165) is 5.76 Å². The fourth-order valence-corrected chi connectivity index (χ4v) is 0.448. The summed E-state index contributed by atoms with van der Waals surface area (Å²) in [6, 6.07) is 1.95. The molecule has 1 aromatic rings. The third-order valence-corrected chi connectivity index (χ3v) is 1.12. The first-order valence-electron chi connectivity index (χ1n) is 2.94. The number of hydrogen-bond donors (Lipinski definition) is 2. The predicted octanol–water partition coefficient (Wildman–Crippen LogP) is 0.368. The second kappa shape index (κ2) is 4.92. The lowest BCUT2D eigenvalue weighted by Gasteiger charge is -1.79. The number of thiol groups is 1. The molecule has 0 bridgehead atoms. The molecule has 64 valence electrons. The van der Waals surface area contributed by atoms with Crippen molar-refractivity contribution in [2.75, 3.05) is 0 Å². The van der Waals surface area contributed by atoms with Gasteiger partial charge in [-0.15, -0.1) is 0 Å². The average Bonchev–Trinajstić information content (AvgIpc) is 2.15. The molecular weight excluding hydrogens is 166 g/mol. The molecule has 0 saturated carbocycles. The minimum atomic E-state index is -2.62. The Kier molecular flexibility index (Phi) is 4.56. The molecule has 1 heterocycles. The third-order valence-electron chi connectivity index (χ3n) is 1.12. The zero-order valence-corrected chi connectivity index (χ0v) is 7.30. The summed E-state index contributed by atoms with van der Waals surface area (Å²) in [6.07, 6.45) is 1.70. The van der Waals surface area contributed by atoms with E-state index in [2.05, 4.69) is 5.14 Å². The maximum absolute atomic E-state index is 8.81. The van der Waals surface area contributed by atoms with Crippen LogP contribution in [0.2, 0.25) is 0 Å². The Hall–Kier alpha value is -0.810. The average molecular weight is 177 g/mol. The Morgan fingerprint density at radius 3 is 2.00 bits per heavy atom. The molecule has 0 saturated heterocycles. The van der Waals surface area contributed by atoms with Gasteiger partial charge in [0.2, 0.25) is 0 Å². The summed E-state index contributed by atoms with van der Waals surface area (Å²) in [5.74, 6) is 1.01. The summed E-state index contributed by atoms with van der Waals surface area (Å²) in [6.45, 7) is 3.98. The topological polar surface area (TPSA) is 73.3 Å². The van der Waals surface area contributed by atoms with Crippen molar-refractivity contribution in [3.63, 3.8) is 0 Å². The van der Waals surface area contributed by atoms with E-state index in [-0.39, 0.29) is 0 Å². The van der Waals surface area contributed by atoms with Gasteiger partial charge < -0.3 is 4.42 Å². The van der Waals surface area contributed by atoms with Gasteiger partial charge >= 0.3 is 0 Å². The van der Waals surface area contributed by atoms with Crippen LogP contribution in [0.25, 0.3) is 0 Å². The summed E-state index contributed by atoms with van der Waals surface area (Å²) >= 11 is 0. The van der Waals surface area contributed by atoms with Crippen LogP contribution in [0.15, 0.2) is 16.7 Å². The van der Waals surface area contributed by atoms with Crippen molar-refractivity contribution in [1.82, 2.24) is 0 Å². The molecule has 11 heavy (non-hydrogen) atoms. The van der Waals surface area contributed by atoms with Crippen molar-refractivity contribution in [2.45, 2.75) is 13.8 Å². The quantitative estimate of drug-likeness (QED) is 0.562. The van der Waals surface area contributed by atoms with Crippen molar-refractivity contribution in [3.05, 3.63) is 23.7 Å². The number of nitrogens with two attached hydrogens (primary N) is 1. The van der Waals surface area contributed by atoms with Crippen molar-refractivity contribution in [3.8, 4) is 0 Å². The lowest BCUT2D eigenvalue weighted by Crippen LogP contribution is -1.85. The van der Waals surface area contributed by atoms with E-state index < -0.39 is 10.9 Å². The number of furan rings is 1. The van der Waals surface area contributed by atoms with Crippen molar-refractivity contribution in [1.29, 1.82) is 0 Å². The normalized spacial score (nSPS) is 9.09. The predicted molar refractivity (Wildman–Crippen MR) is 42.7 cm³/mol. The molecule has 2 N–H and O–H groups in total. The van der Waals surface area contributed by atoms with Crippen LogP contribution in [0, 0.1) is 13.8 Å². The molecule has 0 aromatic carbocycles. The Morgan fingerprint density at radius 1 is 1.45 bits per heavy atom. The molecular formula is C6H11NO3S. The SMILES string of the molecule is Cc1ccoc1C.N[SH](=O)=O. The Morgan fingerprint density at radius 2 is 1.91 bits per heavy atom. The molecule has 0 amide bonds. The molecule has 1 rings (SSSR count). The van der Waals surface area contributed by atoms with E-state index in [9.17, 15) is 0 Å². The number of aryl methyl sites for hydroxylation is 2. The van der Waals surface area contributed by atoms with Gasteiger partial charge in [-0.25, -0.2) is 13.6 Å². The maximum atomic E-state index is 8.81. The highest BCUT2D eigenvalue weighted by molar-refractivity contribution is 7.69. The monoisotopic (exact) mass is 177 g/mol. The van der Waals surface area contributed by atoms with Crippen LogP contribution < -0.4 is 5.14 Å². The van der Waals surface area contributed by atoms with Crippen LogP contribution >= 0.6 is 0 Å². The van der Waals surface area contributed by atoms with E-state index in [4.69, 9.17) is 12.8 Å². The van der Waals surface area contributed by atoms with Crippen LogP contribution in [-0.4, -0.2) is 8.42 Å². The molecule has 4 nitrogen and oxygen atoms in total. The summed E-state index contributed by atoms with van der Waals surface area (Å²) < 4.78 is 22.6. The van der Waals surface area contributed by atoms with Crippen LogP contribution in [0.3, 0.4) is 0 Å². The van der Waals surface area contributed by atoms with Crippen LogP contribution in [0.4, 0.5) is 0 Å². The van der Waals surface area contributed by atoms with Gasteiger partial charge in [0, 0.05) is 0 Å². The molecule has 0 radical (unpaired) electrons. The summed E-state index contributed by atoms with van der Waals surface area (Å²) in [5.41, 5.74) is 1.22. The molecule has 5 heteroatoms. The van der Waals surface area contributed by atoms with Gasteiger partial charge in [-0.2, -0.15) is 0 Å². The maximum Gasteiger partial charge on any atom is 0.198 e. The van der Waals surface area contributed by atoms with Gasteiger partial charge in [0.15, 0.2) is 10.9 Å². The molecule has 0 aliphatic heterocycles. The van der Waals surface area contributed by atoms with Crippen molar-refractivity contribution < 1.29 is 12.8 Å². The van der Waals surface area contributed by atoms with Crippen LogP contribution in [-0.2, 0) is 10.9 Å². The standard InChI is InChI=1S/C6H8O.H3NO2S/c1-5-3-4-7-6(5)2;1-4(2)3/h3-4H,1-2H3;4H,(H2,1,2,3). The molecule has 0 spiro atoms. The van der Waals surface area contributed by atoms with E-state index in [1.165, 1.54) is 5.56 Å². The van der Waals surface area contributed by atoms with Crippen LogP contribution in [0.1, 0.15) is 11.3 Å². The zero-order valence-electron chi connectivity index (χ0n) is 6.40. The Bertz CT molecular complexity index is 253. The minimum absolute atomic E-state index is 1.01. The first-order chi connectivity index (χ1) is 5.04. The fraction of sp³-hybridized carbons (Fsp3) is 0.333. The van der Waals surface area contributed by atoms with Gasteiger partial charge in [-0.3, -0.25) is 0 Å². The van der Waals surface area contributed by atoms with Gasteiger partial charge in [0.1, 0.15) is 5.76 Å². The Labute approximate surface area is 67.1 Å². The molecule has 1 aromatic heterocycles. The van der Waals surface area contributed by atoms with Gasteiger partial charge in [0.05, 0.1) is 6.26 Å². The Balaban J connectivity index is 0.000000218. The third kappa shape index (κ3) is 5.63. The molecule has 0 fully saturated rings. The number of rotatable bonds is 0. The van der Waals surface area contributed by atoms with Crippen molar-refractivity contribution in [2.24, 2.45) is 5.14 Å². The smallest absolute Gasteiger partial charge is 0.198 e. The highest BCUT2D eigenvalue weighted by atomic mass is 32.2.